The molecule has 0 amide bonds. The van der Waals surface area contributed by atoms with Crippen LogP contribution in [-0.2, 0) is 19.6 Å². The number of nitrogens with zero attached hydrogens (tertiary/aromatic N) is 3. The van der Waals surface area contributed by atoms with Gasteiger partial charge in [0.1, 0.15) is 0 Å². The number of imidazole rings is 1. The molecule has 2 aromatic rings. The zero-order valence-corrected chi connectivity index (χ0v) is 10.6. The van der Waals surface area contributed by atoms with Crippen molar-refractivity contribution in [2.45, 2.75) is 32.6 Å². The molecule has 3 rings (SSSR count). The van der Waals surface area contributed by atoms with Gasteiger partial charge >= 0.3 is 0 Å². The van der Waals surface area contributed by atoms with Crippen molar-refractivity contribution in [2.24, 2.45) is 0 Å². The van der Waals surface area contributed by atoms with E-state index in [-0.39, 0.29) is 0 Å². The molecule has 2 N–H and O–H groups in total. The Morgan fingerprint density at radius 1 is 1.33 bits per heavy atom. The Morgan fingerprint density at radius 2 is 2.17 bits per heavy atom. The van der Waals surface area contributed by atoms with Crippen LogP contribution in [0, 0.1) is 0 Å². The predicted molar refractivity (Wildman–Crippen MR) is 71.8 cm³/mol. The topological polar surface area (TPSA) is 47.1 Å². The lowest BCUT2D eigenvalue weighted by molar-refractivity contribution is 0.193. The van der Waals surface area contributed by atoms with Crippen molar-refractivity contribution in [2.75, 3.05) is 5.73 Å². The maximum Gasteiger partial charge on any atom is 0.0946 e. The summed E-state index contributed by atoms with van der Waals surface area (Å²) < 4.78 is 2.13. The van der Waals surface area contributed by atoms with Crippen molar-refractivity contribution in [3.05, 3.63) is 48.0 Å². The molecule has 1 aromatic heterocycles. The third-order valence-corrected chi connectivity index (χ3v) is 3.63. The third-order valence-electron chi connectivity index (χ3n) is 3.63. The molecule has 4 heteroatoms. The zero-order valence-electron chi connectivity index (χ0n) is 10.6. The van der Waals surface area contributed by atoms with E-state index in [1.165, 1.54) is 11.1 Å². The molecule has 0 fully saturated rings. The molecule has 0 saturated heterocycles. The molecule has 0 spiro atoms. The number of anilines is 1. The number of rotatable bonds is 3. The van der Waals surface area contributed by atoms with Gasteiger partial charge in [-0.15, -0.1) is 0 Å². The average Bonchev–Trinajstić information content (AvgIpc) is 2.96. The maximum atomic E-state index is 5.83. The van der Waals surface area contributed by atoms with Gasteiger partial charge in [-0.25, -0.2) is 4.98 Å². The van der Waals surface area contributed by atoms with Gasteiger partial charge in [0, 0.05) is 43.8 Å². The summed E-state index contributed by atoms with van der Waals surface area (Å²) in [6.07, 6.45) is 5.71. The Balaban J connectivity index is 1.69. The summed E-state index contributed by atoms with van der Waals surface area (Å²) in [6.45, 7) is 5.25. The predicted octanol–water partition coefficient (Wildman–Crippen LogP) is 1.87. The molecule has 1 aliphatic heterocycles. The normalized spacial score (nSPS) is 16.7. The van der Waals surface area contributed by atoms with Crippen molar-refractivity contribution < 1.29 is 0 Å². The summed E-state index contributed by atoms with van der Waals surface area (Å²) in [5.74, 6) is 0. The van der Waals surface area contributed by atoms with E-state index in [1.54, 1.807) is 0 Å². The number of aromatic nitrogens is 2. The van der Waals surface area contributed by atoms with Gasteiger partial charge in [0.05, 0.1) is 6.33 Å². The molecule has 0 aliphatic carbocycles. The van der Waals surface area contributed by atoms with Gasteiger partial charge in [-0.3, -0.25) is 4.90 Å². The Labute approximate surface area is 107 Å². The second-order valence-electron chi connectivity index (χ2n) is 5.04. The molecule has 1 unspecified atom stereocenters. The largest absolute Gasteiger partial charge is 0.399 e. The molecular weight excluding hydrogens is 224 g/mol. The van der Waals surface area contributed by atoms with E-state index < -0.39 is 0 Å². The number of benzene rings is 1. The minimum absolute atomic E-state index is 0.493. The Kier molecular flexibility index (Phi) is 2.80. The molecule has 2 heterocycles. The zero-order chi connectivity index (χ0) is 12.5. The van der Waals surface area contributed by atoms with E-state index in [1.807, 2.05) is 24.8 Å². The van der Waals surface area contributed by atoms with E-state index in [0.717, 1.165) is 25.3 Å². The minimum atomic E-state index is 0.493. The lowest BCUT2D eigenvalue weighted by Gasteiger charge is -2.24. The van der Waals surface area contributed by atoms with Crippen LogP contribution in [0.4, 0.5) is 5.69 Å². The molecule has 18 heavy (non-hydrogen) atoms. The fraction of sp³-hybridized carbons (Fsp3) is 0.357. The molecule has 0 bridgehead atoms. The van der Waals surface area contributed by atoms with Crippen molar-refractivity contribution in [1.82, 2.24) is 14.5 Å². The highest BCUT2D eigenvalue weighted by Gasteiger charge is 2.23. The molecule has 0 radical (unpaired) electrons. The van der Waals surface area contributed by atoms with E-state index >= 15 is 0 Å². The highest BCUT2D eigenvalue weighted by atomic mass is 15.2. The number of nitrogen functional groups attached to an aromatic ring is 1. The van der Waals surface area contributed by atoms with Gasteiger partial charge in [0.25, 0.3) is 0 Å². The SMILES string of the molecule is CC(Cn1ccnc1)N1Cc2ccc(N)cc2C1. The summed E-state index contributed by atoms with van der Waals surface area (Å²) in [7, 11) is 0. The first kappa shape index (κ1) is 11.3. The van der Waals surface area contributed by atoms with Crippen molar-refractivity contribution >= 4 is 5.69 Å². The van der Waals surface area contributed by atoms with Crippen LogP contribution >= 0.6 is 0 Å². The summed E-state index contributed by atoms with van der Waals surface area (Å²) in [5.41, 5.74) is 9.46. The first-order valence-electron chi connectivity index (χ1n) is 6.29. The number of hydrogen-bond acceptors (Lipinski definition) is 3. The summed E-state index contributed by atoms with van der Waals surface area (Å²) in [5, 5.41) is 0. The van der Waals surface area contributed by atoms with Crippen LogP contribution in [0.25, 0.3) is 0 Å². The first-order chi connectivity index (χ1) is 8.72. The molecule has 1 atom stereocenters. The van der Waals surface area contributed by atoms with Gasteiger partial charge in [-0.05, 0) is 30.2 Å². The number of hydrogen-bond donors (Lipinski definition) is 1. The van der Waals surface area contributed by atoms with Crippen LogP contribution in [0.2, 0.25) is 0 Å². The highest BCUT2D eigenvalue weighted by molar-refractivity contribution is 5.46. The number of nitrogens with two attached hydrogens (primary N) is 1. The Morgan fingerprint density at radius 3 is 2.94 bits per heavy atom. The highest BCUT2D eigenvalue weighted by Crippen LogP contribution is 2.26. The van der Waals surface area contributed by atoms with Crippen LogP contribution in [0.1, 0.15) is 18.1 Å². The monoisotopic (exact) mass is 242 g/mol. The standard InChI is InChI=1S/C14H18N4/c1-11(7-17-5-4-16-10-17)18-8-12-2-3-14(15)6-13(12)9-18/h2-6,10-11H,7-9,15H2,1H3. The fourth-order valence-corrected chi connectivity index (χ4v) is 2.57. The van der Waals surface area contributed by atoms with Crippen molar-refractivity contribution in [1.29, 1.82) is 0 Å². The van der Waals surface area contributed by atoms with Crippen LogP contribution in [0.3, 0.4) is 0 Å². The minimum Gasteiger partial charge on any atom is -0.399 e. The molecular formula is C14H18N4. The first-order valence-corrected chi connectivity index (χ1v) is 6.29. The van der Waals surface area contributed by atoms with Gasteiger partial charge in [0.2, 0.25) is 0 Å². The Hall–Kier alpha value is -1.81. The quantitative estimate of drug-likeness (QED) is 0.836. The van der Waals surface area contributed by atoms with E-state index in [4.69, 9.17) is 5.73 Å². The van der Waals surface area contributed by atoms with E-state index in [2.05, 4.69) is 33.5 Å². The van der Waals surface area contributed by atoms with Crippen molar-refractivity contribution in [3.8, 4) is 0 Å². The molecule has 1 aromatic carbocycles. The van der Waals surface area contributed by atoms with Gasteiger partial charge in [0.15, 0.2) is 0 Å². The van der Waals surface area contributed by atoms with Crippen LogP contribution in [0.5, 0.6) is 0 Å². The molecule has 1 aliphatic rings. The summed E-state index contributed by atoms with van der Waals surface area (Å²) in [4.78, 5) is 6.56. The molecule has 4 nitrogen and oxygen atoms in total. The fourth-order valence-electron chi connectivity index (χ4n) is 2.57. The van der Waals surface area contributed by atoms with E-state index in [0.29, 0.717) is 6.04 Å². The van der Waals surface area contributed by atoms with Gasteiger partial charge in [-0.2, -0.15) is 0 Å². The second kappa shape index (κ2) is 4.46. The third kappa shape index (κ3) is 2.11. The maximum absolute atomic E-state index is 5.83. The lowest BCUT2D eigenvalue weighted by Crippen LogP contribution is -2.31. The van der Waals surface area contributed by atoms with E-state index in [9.17, 15) is 0 Å². The summed E-state index contributed by atoms with van der Waals surface area (Å²) >= 11 is 0. The van der Waals surface area contributed by atoms with Crippen LogP contribution in [0.15, 0.2) is 36.9 Å². The van der Waals surface area contributed by atoms with Crippen LogP contribution in [-0.4, -0.2) is 20.5 Å². The molecule has 94 valence electrons. The Bertz CT molecular complexity index is 533. The van der Waals surface area contributed by atoms with Crippen molar-refractivity contribution in [3.63, 3.8) is 0 Å². The smallest absolute Gasteiger partial charge is 0.0946 e. The average molecular weight is 242 g/mol. The van der Waals surface area contributed by atoms with Gasteiger partial charge in [-0.1, -0.05) is 6.07 Å². The summed E-state index contributed by atoms with van der Waals surface area (Å²) in [6, 6.07) is 6.73. The second-order valence-corrected chi connectivity index (χ2v) is 5.04. The lowest BCUT2D eigenvalue weighted by atomic mass is 10.1. The van der Waals surface area contributed by atoms with Crippen LogP contribution < -0.4 is 5.73 Å². The van der Waals surface area contributed by atoms with Gasteiger partial charge < -0.3 is 10.3 Å². The molecule has 0 saturated carbocycles. The number of fused-ring (bicyclic) bond motifs is 1.